The van der Waals surface area contributed by atoms with E-state index in [1.807, 2.05) is 18.7 Å². The molecule has 5 heteroatoms. The maximum Gasteiger partial charge on any atom is 0.208 e. The second-order valence-corrected chi connectivity index (χ2v) is 7.38. The van der Waals surface area contributed by atoms with Gasteiger partial charge in [-0.2, -0.15) is 0 Å². The fourth-order valence-electron chi connectivity index (χ4n) is 2.93. The third-order valence-corrected chi connectivity index (χ3v) is 5.18. The zero-order valence-electron chi connectivity index (χ0n) is 12.5. The van der Waals surface area contributed by atoms with E-state index in [0.29, 0.717) is 16.7 Å². The van der Waals surface area contributed by atoms with Crippen LogP contribution in [0.3, 0.4) is 0 Å². The van der Waals surface area contributed by atoms with Gasteiger partial charge in [0.2, 0.25) is 5.16 Å². The molecule has 2 atom stereocenters. The third kappa shape index (κ3) is 3.72. The van der Waals surface area contributed by atoms with Crippen LogP contribution in [0.4, 0.5) is 0 Å². The van der Waals surface area contributed by atoms with Crippen LogP contribution < -0.4 is 5.32 Å². The molecule has 108 valence electrons. The molecule has 1 heterocycles. The Balaban J connectivity index is 2.06. The molecule has 1 aromatic heterocycles. The van der Waals surface area contributed by atoms with Gasteiger partial charge in [0.05, 0.1) is 0 Å². The van der Waals surface area contributed by atoms with E-state index >= 15 is 0 Å². The smallest absolute Gasteiger partial charge is 0.208 e. The Morgan fingerprint density at radius 1 is 1.47 bits per heavy atom. The summed E-state index contributed by atoms with van der Waals surface area (Å²) in [7, 11) is 0. The minimum absolute atomic E-state index is 0.358. The summed E-state index contributed by atoms with van der Waals surface area (Å²) in [5.41, 5.74) is 0.358. The van der Waals surface area contributed by atoms with Crippen molar-refractivity contribution in [1.82, 2.24) is 20.5 Å². The van der Waals surface area contributed by atoms with Crippen LogP contribution in [0.25, 0.3) is 0 Å². The Hall–Kier alpha value is -0.550. The first-order valence-corrected chi connectivity index (χ1v) is 8.20. The van der Waals surface area contributed by atoms with Crippen LogP contribution in [-0.2, 0) is 0 Å². The zero-order valence-corrected chi connectivity index (χ0v) is 13.3. The van der Waals surface area contributed by atoms with Crippen molar-refractivity contribution >= 4 is 11.8 Å². The van der Waals surface area contributed by atoms with Gasteiger partial charge in [-0.25, -0.2) is 4.98 Å². The first-order chi connectivity index (χ1) is 9.03. The van der Waals surface area contributed by atoms with E-state index < -0.39 is 0 Å². The van der Waals surface area contributed by atoms with Gasteiger partial charge in [-0.15, -0.1) is 5.10 Å². The molecular weight excluding hydrogens is 256 g/mol. The molecule has 19 heavy (non-hydrogen) atoms. The summed E-state index contributed by atoms with van der Waals surface area (Å²) in [4.78, 5) is 4.44. The van der Waals surface area contributed by atoms with Gasteiger partial charge >= 0.3 is 0 Å². The lowest BCUT2D eigenvalue weighted by Crippen LogP contribution is -2.51. The number of aryl methyl sites for hydroxylation is 1. The molecule has 0 radical (unpaired) electrons. The summed E-state index contributed by atoms with van der Waals surface area (Å²) in [5, 5.41) is 12.4. The van der Waals surface area contributed by atoms with Crippen molar-refractivity contribution in [2.24, 2.45) is 5.41 Å². The molecule has 2 unspecified atom stereocenters. The summed E-state index contributed by atoms with van der Waals surface area (Å²) in [5.74, 6) is 0.899. The number of aromatic nitrogens is 3. The van der Waals surface area contributed by atoms with Crippen LogP contribution in [0.15, 0.2) is 5.16 Å². The molecule has 2 rings (SSSR count). The van der Waals surface area contributed by atoms with Gasteiger partial charge in [0, 0.05) is 11.3 Å². The molecule has 0 bridgehead atoms. The highest BCUT2D eigenvalue weighted by molar-refractivity contribution is 7.99. The normalized spacial score (nSPS) is 26.5. The Morgan fingerprint density at radius 3 is 2.89 bits per heavy atom. The maximum absolute atomic E-state index is 4.44. The highest BCUT2D eigenvalue weighted by atomic mass is 32.2. The summed E-state index contributed by atoms with van der Waals surface area (Å²) in [6.07, 6.45) is 5.05. The molecule has 1 aromatic rings. The molecule has 1 saturated carbocycles. The van der Waals surface area contributed by atoms with Crippen molar-refractivity contribution < 1.29 is 0 Å². The summed E-state index contributed by atoms with van der Waals surface area (Å²) in [6, 6.07) is 0.546. The molecule has 0 saturated heterocycles. The van der Waals surface area contributed by atoms with Crippen LogP contribution in [0.1, 0.15) is 52.3 Å². The van der Waals surface area contributed by atoms with E-state index in [1.165, 1.54) is 25.7 Å². The van der Waals surface area contributed by atoms with Crippen LogP contribution in [0.2, 0.25) is 0 Å². The van der Waals surface area contributed by atoms with Crippen molar-refractivity contribution in [1.29, 1.82) is 0 Å². The minimum atomic E-state index is 0.358. The summed E-state index contributed by atoms with van der Waals surface area (Å²) in [6.45, 7) is 10.0. The molecule has 1 aliphatic rings. The average molecular weight is 282 g/mol. The van der Waals surface area contributed by atoms with E-state index in [1.54, 1.807) is 0 Å². The fourth-order valence-corrected chi connectivity index (χ4v) is 4.37. The minimum Gasteiger partial charge on any atom is -0.312 e. The zero-order chi connectivity index (χ0) is 13.9. The van der Waals surface area contributed by atoms with Crippen molar-refractivity contribution in [2.75, 3.05) is 6.54 Å². The second-order valence-electron chi connectivity index (χ2n) is 6.17. The van der Waals surface area contributed by atoms with Crippen LogP contribution in [0.5, 0.6) is 0 Å². The average Bonchev–Trinajstić information content (AvgIpc) is 2.73. The number of H-pyrrole nitrogens is 1. The van der Waals surface area contributed by atoms with E-state index in [2.05, 4.69) is 41.3 Å². The standard InChI is InChI=1S/C14H26N4S/c1-5-9-15-12-11(7-6-8-14(12,3)4)19-13-16-10(2)17-18-13/h11-12,15H,5-9H2,1-4H3,(H,16,17,18). The number of hydrogen-bond donors (Lipinski definition) is 2. The number of hydrogen-bond acceptors (Lipinski definition) is 4. The fraction of sp³-hybridized carbons (Fsp3) is 0.857. The van der Waals surface area contributed by atoms with Gasteiger partial charge in [0.1, 0.15) is 5.82 Å². The first kappa shape index (κ1) is 14.9. The molecular formula is C14H26N4S. The van der Waals surface area contributed by atoms with E-state index in [0.717, 1.165) is 17.5 Å². The van der Waals surface area contributed by atoms with Crippen LogP contribution in [-0.4, -0.2) is 33.0 Å². The topological polar surface area (TPSA) is 53.6 Å². The van der Waals surface area contributed by atoms with Crippen molar-refractivity contribution in [3.63, 3.8) is 0 Å². The van der Waals surface area contributed by atoms with Gasteiger partial charge in [-0.3, -0.25) is 5.10 Å². The number of rotatable bonds is 5. The predicted octanol–water partition coefficient (Wildman–Crippen LogP) is 3.15. The highest BCUT2D eigenvalue weighted by Gasteiger charge is 2.39. The van der Waals surface area contributed by atoms with Gasteiger partial charge in [0.15, 0.2) is 0 Å². The third-order valence-electron chi connectivity index (χ3n) is 3.97. The van der Waals surface area contributed by atoms with Crippen LogP contribution >= 0.6 is 11.8 Å². The summed E-state index contributed by atoms with van der Waals surface area (Å²) < 4.78 is 0. The largest absolute Gasteiger partial charge is 0.312 e. The lowest BCUT2D eigenvalue weighted by Gasteiger charge is -2.44. The van der Waals surface area contributed by atoms with Crippen molar-refractivity contribution in [3.8, 4) is 0 Å². The molecule has 0 aliphatic heterocycles. The molecule has 4 nitrogen and oxygen atoms in total. The monoisotopic (exact) mass is 282 g/mol. The predicted molar refractivity (Wildman–Crippen MR) is 80.5 cm³/mol. The maximum atomic E-state index is 4.44. The Morgan fingerprint density at radius 2 is 2.26 bits per heavy atom. The lowest BCUT2D eigenvalue weighted by molar-refractivity contribution is 0.175. The Labute approximate surface area is 120 Å². The molecule has 0 aromatic carbocycles. The molecule has 0 amide bonds. The molecule has 1 fully saturated rings. The summed E-state index contributed by atoms with van der Waals surface area (Å²) >= 11 is 1.83. The highest BCUT2D eigenvalue weighted by Crippen LogP contribution is 2.42. The van der Waals surface area contributed by atoms with Crippen molar-refractivity contribution in [2.45, 2.75) is 69.8 Å². The van der Waals surface area contributed by atoms with Crippen LogP contribution in [0, 0.1) is 12.3 Å². The number of aromatic amines is 1. The Bertz CT molecular complexity index is 402. The number of thioether (sulfide) groups is 1. The lowest BCUT2D eigenvalue weighted by atomic mass is 9.73. The van der Waals surface area contributed by atoms with E-state index in [-0.39, 0.29) is 0 Å². The van der Waals surface area contributed by atoms with Gasteiger partial charge in [-0.05, 0) is 38.1 Å². The van der Waals surface area contributed by atoms with Gasteiger partial charge in [-0.1, -0.05) is 39.0 Å². The van der Waals surface area contributed by atoms with Crippen molar-refractivity contribution in [3.05, 3.63) is 5.82 Å². The Kier molecular flexibility index (Phi) is 4.90. The van der Waals surface area contributed by atoms with Gasteiger partial charge < -0.3 is 5.32 Å². The van der Waals surface area contributed by atoms with E-state index in [4.69, 9.17) is 0 Å². The second kappa shape index (κ2) is 6.27. The van der Waals surface area contributed by atoms with Gasteiger partial charge in [0.25, 0.3) is 0 Å². The first-order valence-electron chi connectivity index (χ1n) is 7.32. The molecule has 1 aliphatic carbocycles. The molecule has 0 spiro atoms. The number of nitrogens with one attached hydrogen (secondary N) is 2. The molecule has 2 N–H and O–H groups in total. The quantitative estimate of drug-likeness (QED) is 0.871. The van der Waals surface area contributed by atoms with E-state index in [9.17, 15) is 0 Å². The SMILES string of the molecule is CCCNC1C(Sc2n[nH]c(C)n2)CCCC1(C)C. The number of nitrogens with zero attached hydrogens (tertiary/aromatic N) is 2.